The van der Waals surface area contributed by atoms with Crippen LogP contribution in [0.3, 0.4) is 0 Å². The maximum Gasteiger partial charge on any atom is 0.340 e. The van der Waals surface area contributed by atoms with Gasteiger partial charge in [-0.05, 0) is 55.2 Å². The minimum absolute atomic E-state index is 0.00954. The number of hydrogen-bond donors (Lipinski definition) is 0. The number of carbonyl (C=O) groups is 2. The Kier molecular flexibility index (Phi) is 7.52. The van der Waals surface area contributed by atoms with E-state index in [1.54, 1.807) is 30.3 Å². The fourth-order valence-electron chi connectivity index (χ4n) is 3.54. The highest BCUT2D eigenvalue weighted by Gasteiger charge is 2.25. The second-order valence-electron chi connectivity index (χ2n) is 7.78. The van der Waals surface area contributed by atoms with E-state index < -0.39 is 22.0 Å². The number of piperidine rings is 1. The summed E-state index contributed by atoms with van der Waals surface area (Å²) in [5.41, 5.74) is 1.99. The van der Waals surface area contributed by atoms with Gasteiger partial charge in [0.2, 0.25) is 10.0 Å². The molecule has 0 atom stereocenters. The first kappa shape index (κ1) is 23.7. The van der Waals surface area contributed by atoms with Gasteiger partial charge in [0.25, 0.3) is 0 Å². The molecule has 9 heteroatoms. The second kappa shape index (κ2) is 10.1. The highest BCUT2D eigenvalue weighted by Crippen LogP contribution is 2.28. The monoisotopic (exact) mass is 460 g/mol. The average molecular weight is 461 g/mol. The van der Waals surface area contributed by atoms with Gasteiger partial charge in [0.05, 0.1) is 28.8 Å². The standard InChI is InChI=1S/C23H28N2O6S/c1-24(2)32(28,29)19-11-12-21(25-13-5-4-6-14-25)20(15-19)23(27)31-16-17-7-9-18(10-8-17)22(26)30-3/h7-12,15H,4-6,13-14,16H2,1-3H3. The summed E-state index contributed by atoms with van der Waals surface area (Å²) in [6.07, 6.45) is 3.16. The van der Waals surface area contributed by atoms with Crippen molar-refractivity contribution in [2.45, 2.75) is 30.8 Å². The van der Waals surface area contributed by atoms with Gasteiger partial charge in [-0.15, -0.1) is 0 Å². The van der Waals surface area contributed by atoms with Crippen molar-refractivity contribution < 1.29 is 27.5 Å². The average Bonchev–Trinajstić information content (AvgIpc) is 2.82. The SMILES string of the molecule is COC(=O)c1ccc(COC(=O)c2cc(S(=O)(=O)N(C)C)ccc2N2CCCCC2)cc1. The molecule has 32 heavy (non-hydrogen) atoms. The Balaban J connectivity index is 1.85. The lowest BCUT2D eigenvalue weighted by atomic mass is 10.1. The van der Waals surface area contributed by atoms with Crippen LogP contribution in [-0.4, -0.2) is 59.0 Å². The molecule has 0 aliphatic carbocycles. The van der Waals surface area contributed by atoms with Gasteiger partial charge in [-0.25, -0.2) is 22.3 Å². The number of esters is 2. The first-order chi connectivity index (χ1) is 15.2. The third kappa shape index (κ3) is 5.28. The van der Waals surface area contributed by atoms with Crippen LogP contribution in [0.15, 0.2) is 47.4 Å². The Morgan fingerprint density at radius 3 is 2.22 bits per heavy atom. The molecule has 1 fully saturated rings. The molecule has 0 saturated carbocycles. The van der Waals surface area contributed by atoms with Crippen LogP contribution in [0.25, 0.3) is 0 Å². The third-order valence-corrected chi connectivity index (χ3v) is 7.22. The number of anilines is 1. The van der Waals surface area contributed by atoms with Gasteiger partial charge in [-0.3, -0.25) is 0 Å². The molecule has 1 aliphatic heterocycles. The minimum atomic E-state index is -3.70. The van der Waals surface area contributed by atoms with Gasteiger partial charge in [0.1, 0.15) is 6.61 Å². The van der Waals surface area contributed by atoms with E-state index in [1.165, 1.54) is 33.3 Å². The Labute approximate surface area is 188 Å². The molecule has 2 aromatic rings. The van der Waals surface area contributed by atoms with Crippen molar-refractivity contribution in [3.63, 3.8) is 0 Å². The van der Waals surface area contributed by atoms with E-state index in [-0.39, 0.29) is 17.1 Å². The molecule has 0 amide bonds. The van der Waals surface area contributed by atoms with Crippen LogP contribution in [-0.2, 0) is 26.1 Å². The Morgan fingerprint density at radius 2 is 1.62 bits per heavy atom. The molecule has 1 heterocycles. The van der Waals surface area contributed by atoms with Crippen LogP contribution in [0.5, 0.6) is 0 Å². The highest BCUT2D eigenvalue weighted by atomic mass is 32.2. The van der Waals surface area contributed by atoms with Crippen molar-refractivity contribution in [3.8, 4) is 0 Å². The summed E-state index contributed by atoms with van der Waals surface area (Å²) in [6.45, 7) is 1.59. The van der Waals surface area contributed by atoms with Crippen molar-refractivity contribution in [1.29, 1.82) is 0 Å². The molecule has 0 N–H and O–H groups in total. The lowest BCUT2D eigenvalue weighted by molar-refractivity contribution is 0.0471. The van der Waals surface area contributed by atoms with Crippen LogP contribution < -0.4 is 4.90 Å². The van der Waals surface area contributed by atoms with E-state index in [4.69, 9.17) is 4.74 Å². The van der Waals surface area contributed by atoms with E-state index in [0.29, 0.717) is 16.8 Å². The largest absolute Gasteiger partial charge is 0.465 e. The molecule has 1 aliphatic rings. The summed E-state index contributed by atoms with van der Waals surface area (Å²) in [5, 5.41) is 0. The zero-order chi connectivity index (χ0) is 23.3. The van der Waals surface area contributed by atoms with Gasteiger partial charge in [0.15, 0.2) is 0 Å². The summed E-state index contributed by atoms with van der Waals surface area (Å²) in [4.78, 5) is 26.7. The summed E-state index contributed by atoms with van der Waals surface area (Å²) in [5.74, 6) is -1.04. The summed E-state index contributed by atoms with van der Waals surface area (Å²) >= 11 is 0. The minimum Gasteiger partial charge on any atom is -0.465 e. The van der Waals surface area contributed by atoms with Crippen molar-refractivity contribution in [2.75, 3.05) is 39.2 Å². The first-order valence-corrected chi connectivity index (χ1v) is 11.8. The number of benzene rings is 2. The molecular formula is C23H28N2O6S. The molecule has 172 valence electrons. The zero-order valence-electron chi connectivity index (χ0n) is 18.5. The molecule has 0 spiro atoms. The van der Waals surface area contributed by atoms with Crippen molar-refractivity contribution in [3.05, 3.63) is 59.2 Å². The van der Waals surface area contributed by atoms with Gasteiger partial charge >= 0.3 is 11.9 Å². The van der Waals surface area contributed by atoms with Gasteiger partial charge in [-0.1, -0.05) is 12.1 Å². The van der Waals surface area contributed by atoms with Crippen molar-refractivity contribution in [1.82, 2.24) is 4.31 Å². The van der Waals surface area contributed by atoms with Gasteiger partial charge in [0, 0.05) is 27.2 Å². The Hall–Kier alpha value is -2.91. The summed E-state index contributed by atoms with van der Waals surface area (Å²) in [6, 6.07) is 11.2. The predicted octanol–water partition coefficient (Wildman–Crippen LogP) is 3.07. The quantitative estimate of drug-likeness (QED) is 0.586. The number of sulfonamides is 1. The van der Waals surface area contributed by atoms with Crippen LogP contribution in [0.1, 0.15) is 45.5 Å². The number of hydrogen-bond acceptors (Lipinski definition) is 7. The fraction of sp³-hybridized carbons (Fsp3) is 0.391. The number of methoxy groups -OCH3 is 1. The van der Waals surface area contributed by atoms with E-state index in [2.05, 4.69) is 9.64 Å². The molecule has 2 aromatic carbocycles. The number of carbonyl (C=O) groups excluding carboxylic acids is 2. The van der Waals surface area contributed by atoms with Crippen LogP contribution in [0.4, 0.5) is 5.69 Å². The number of rotatable bonds is 7. The van der Waals surface area contributed by atoms with E-state index >= 15 is 0 Å². The molecule has 0 bridgehead atoms. The zero-order valence-corrected chi connectivity index (χ0v) is 19.4. The van der Waals surface area contributed by atoms with Crippen molar-refractivity contribution >= 4 is 27.6 Å². The maximum atomic E-state index is 13.0. The Morgan fingerprint density at radius 1 is 0.969 bits per heavy atom. The molecule has 1 saturated heterocycles. The number of nitrogens with zero attached hydrogens (tertiary/aromatic N) is 2. The molecule has 8 nitrogen and oxygen atoms in total. The third-order valence-electron chi connectivity index (χ3n) is 5.41. The Bertz CT molecular complexity index is 1070. The highest BCUT2D eigenvalue weighted by molar-refractivity contribution is 7.89. The normalized spacial score (nSPS) is 14.3. The van der Waals surface area contributed by atoms with Gasteiger partial charge < -0.3 is 14.4 Å². The lowest BCUT2D eigenvalue weighted by Gasteiger charge is -2.30. The predicted molar refractivity (Wildman–Crippen MR) is 120 cm³/mol. The van der Waals surface area contributed by atoms with Gasteiger partial charge in [-0.2, -0.15) is 0 Å². The molecule has 0 radical (unpaired) electrons. The smallest absolute Gasteiger partial charge is 0.340 e. The van der Waals surface area contributed by atoms with E-state index in [9.17, 15) is 18.0 Å². The number of ether oxygens (including phenoxy) is 2. The topological polar surface area (TPSA) is 93.2 Å². The van der Waals surface area contributed by atoms with Crippen LogP contribution >= 0.6 is 0 Å². The fourth-order valence-corrected chi connectivity index (χ4v) is 4.47. The molecule has 3 rings (SSSR count). The second-order valence-corrected chi connectivity index (χ2v) is 9.93. The summed E-state index contributed by atoms with van der Waals surface area (Å²) < 4.78 is 36.5. The van der Waals surface area contributed by atoms with E-state index in [1.807, 2.05) is 0 Å². The van der Waals surface area contributed by atoms with Crippen molar-refractivity contribution in [2.24, 2.45) is 0 Å². The lowest BCUT2D eigenvalue weighted by Crippen LogP contribution is -2.31. The first-order valence-electron chi connectivity index (χ1n) is 10.4. The molecule has 0 aromatic heterocycles. The van der Waals surface area contributed by atoms with E-state index in [0.717, 1.165) is 36.7 Å². The molecule has 0 unspecified atom stereocenters. The maximum absolute atomic E-state index is 13.0. The van der Waals surface area contributed by atoms with Crippen LogP contribution in [0, 0.1) is 0 Å². The van der Waals surface area contributed by atoms with Crippen LogP contribution in [0.2, 0.25) is 0 Å². The summed E-state index contributed by atoms with van der Waals surface area (Å²) in [7, 11) is 0.505. The molecular weight excluding hydrogens is 432 g/mol.